The minimum absolute atomic E-state index is 0.137. The molecule has 1 aliphatic heterocycles. The molecule has 1 aromatic carbocycles. The van der Waals surface area contributed by atoms with Crippen molar-refractivity contribution in [3.63, 3.8) is 0 Å². The van der Waals surface area contributed by atoms with E-state index in [0.717, 1.165) is 25.9 Å². The van der Waals surface area contributed by atoms with Crippen LogP contribution in [0.3, 0.4) is 0 Å². The van der Waals surface area contributed by atoms with Gasteiger partial charge in [-0.15, -0.1) is 0 Å². The Hall–Kier alpha value is -1.61. The maximum atomic E-state index is 11.9. The zero-order chi connectivity index (χ0) is 13.2. The first-order chi connectivity index (χ1) is 9.28. The number of H-pyrrole nitrogens is 1. The Labute approximate surface area is 113 Å². The summed E-state index contributed by atoms with van der Waals surface area (Å²) in [5, 5.41) is 4.59. The number of benzene rings is 1. The summed E-state index contributed by atoms with van der Waals surface area (Å²) >= 11 is 0. The Morgan fingerprint density at radius 1 is 1.37 bits per heavy atom. The number of fused-ring (bicyclic) bond motifs is 1. The predicted octanol–water partition coefficient (Wildman–Crippen LogP) is 2.45. The number of aryl methyl sites for hydroxylation is 1. The Bertz CT molecular complexity index is 600. The first-order valence-electron chi connectivity index (χ1n) is 7.10. The molecule has 0 radical (unpaired) electrons. The number of rotatable bonds is 3. The SMILES string of the molecule is CCc1ccc2[nH]cc(CC3CNCCC3=O)c2c1. The van der Waals surface area contributed by atoms with Gasteiger partial charge < -0.3 is 10.3 Å². The molecule has 1 aliphatic rings. The second kappa shape index (κ2) is 5.17. The molecule has 100 valence electrons. The molecular formula is C16H20N2O. The Morgan fingerprint density at radius 2 is 2.26 bits per heavy atom. The van der Waals surface area contributed by atoms with Gasteiger partial charge in [0, 0.05) is 42.5 Å². The molecule has 3 nitrogen and oxygen atoms in total. The van der Waals surface area contributed by atoms with Crippen LogP contribution in [0.2, 0.25) is 0 Å². The highest BCUT2D eigenvalue weighted by molar-refractivity contribution is 5.86. The lowest BCUT2D eigenvalue weighted by atomic mass is 9.91. The van der Waals surface area contributed by atoms with Crippen molar-refractivity contribution >= 4 is 16.7 Å². The largest absolute Gasteiger partial charge is 0.361 e. The van der Waals surface area contributed by atoms with Crippen LogP contribution in [-0.2, 0) is 17.6 Å². The van der Waals surface area contributed by atoms with E-state index in [2.05, 4.69) is 41.6 Å². The fourth-order valence-electron chi connectivity index (χ4n) is 2.87. The summed E-state index contributed by atoms with van der Waals surface area (Å²) in [6.45, 7) is 3.82. The summed E-state index contributed by atoms with van der Waals surface area (Å²) in [5.41, 5.74) is 3.79. The summed E-state index contributed by atoms with van der Waals surface area (Å²) in [6.07, 6.45) is 4.63. The van der Waals surface area contributed by atoms with Gasteiger partial charge in [-0.1, -0.05) is 13.0 Å². The number of aromatic amines is 1. The third kappa shape index (κ3) is 2.43. The average molecular weight is 256 g/mol. The van der Waals surface area contributed by atoms with Gasteiger partial charge >= 0.3 is 0 Å². The van der Waals surface area contributed by atoms with Crippen LogP contribution in [0.25, 0.3) is 10.9 Å². The van der Waals surface area contributed by atoms with E-state index in [9.17, 15) is 4.79 Å². The van der Waals surface area contributed by atoms with Gasteiger partial charge in [-0.05, 0) is 36.1 Å². The highest BCUT2D eigenvalue weighted by atomic mass is 16.1. The number of carbonyl (C=O) groups excluding carboxylic acids is 1. The van der Waals surface area contributed by atoms with Gasteiger partial charge in [0.2, 0.25) is 0 Å². The standard InChI is InChI=1S/C16H20N2O/c1-2-11-3-4-15-14(7-11)12(10-18-15)8-13-9-17-6-5-16(13)19/h3-4,7,10,13,17-18H,2,5-6,8-9H2,1H3. The third-order valence-electron chi connectivity index (χ3n) is 4.10. The molecule has 2 heterocycles. The van der Waals surface area contributed by atoms with Crippen LogP contribution in [0.4, 0.5) is 0 Å². The first kappa shape index (κ1) is 12.4. The Kier molecular flexibility index (Phi) is 3.38. The lowest BCUT2D eigenvalue weighted by Crippen LogP contribution is -2.37. The zero-order valence-corrected chi connectivity index (χ0v) is 11.3. The van der Waals surface area contributed by atoms with Crippen LogP contribution in [0.1, 0.15) is 24.5 Å². The molecule has 0 amide bonds. The van der Waals surface area contributed by atoms with E-state index in [4.69, 9.17) is 0 Å². The van der Waals surface area contributed by atoms with Gasteiger partial charge in [0.1, 0.15) is 5.78 Å². The van der Waals surface area contributed by atoms with Crippen molar-refractivity contribution in [2.45, 2.75) is 26.2 Å². The third-order valence-corrected chi connectivity index (χ3v) is 4.10. The lowest BCUT2D eigenvalue weighted by Gasteiger charge is -2.21. The second-order valence-corrected chi connectivity index (χ2v) is 5.37. The van der Waals surface area contributed by atoms with E-state index >= 15 is 0 Å². The molecule has 1 unspecified atom stereocenters. The van der Waals surface area contributed by atoms with Gasteiger partial charge in [-0.2, -0.15) is 0 Å². The summed E-state index contributed by atoms with van der Waals surface area (Å²) in [5.74, 6) is 0.540. The maximum Gasteiger partial charge on any atom is 0.138 e. The molecule has 0 bridgehead atoms. The van der Waals surface area contributed by atoms with Gasteiger partial charge in [0.15, 0.2) is 0 Å². The summed E-state index contributed by atoms with van der Waals surface area (Å²) in [6, 6.07) is 6.55. The normalized spacial score (nSPS) is 20.1. The predicted molar refractivity (Wildman–Crippen MR) is 77.4 cm³/mol. The monoisotopic (exact) mass is 256 g/mol. The van der Waals surface area contributed by atoms with E-state index in [1.165, 1.54) is 22.0 Å². The molecule has 0 aliphatic carbocycles. The topological polar surface area (TPSA) is 44.9 Å². The molecule has 1 fully saturated rings. The minimum Gasteiger partial charge on any atom is -0.361 e. The van der Waals surface area contributed by atoms with Gasteiger partial charge in [-0.25, -0.2) is 0 Å². The van der Waals surface area contributed by atoms with Crippen LogP contribution in [0.5, 0.6) is 0 Å². The molecule has 2 aromatic rings. The molecule has 1 atom stereocenters. The van der Waals surface area contributed by atoms with Gasteiger partial charge in [0.05, 0.1) is 0 Å². The first-order valence-corrected chi connectivity index (χ1v) is 7.10. The number of hydrogen-bond acceptors (Lipinski definition) is 2. The fourth-order valence-corrected chi connectivity index (χ4v) is 2.87. The molecule has 2 N–H and O–H groups in total. The van der Waals surface area contributed by atoms with Crippen molar-refractivity contribution in [2.75, 3.05) is 13.1 Å². The number of aromatic nitrogens is 1. The highest BCUT2D eigenvalue weighted by Crippen LogP contribution is 2.24. The number of ketones is 1. The zero-order valence-electron chi connectivity index (χ0n) is 11.3. The van der Waals surface area contributed by atoms with E-state index in [1.54, 1.807) is 0 Å². The van der Waals surface area contributed by atoms with Crippen molar-refractivity contribution < 1.29 is 4.79 Å². The fraction of sp³-hybridized carbons (Fsp3) is 0.438. The second-order valence-electron chi connectivity index (χ2n) is 5.37. The molecule has 3 rings (SSSR count). The average Bonchev–Trinajstić information content (AvgIpc) is 2.84. The number of piperidine rings is 1. The van der Waals surface area contributed by atoms with Crippen LogP contribution >= 0.6 is 0 Å². The summed E-state index contributed by atoms with van der Waals surface area (Å²) < 4.78 is 0. The van der Waals surface area contributed by atoms with E-state index in [-0.39, 0.29) is 5.92 Å². The number of nitrogens with one attached hydrogen (secondary N) is 2. The highest BCUT2D eigenvalue weighted by Gasteiger charge is 2.23. The van der Waals surface area contributed by atoms with Crippen molar-refractivity contribution in [3.05, 3.63) is 35.5 Å². The Morgan fingerprint density at radius 3 is 3.05 bits per heavy atom. The van der Waals surface area contributed by atoms with Crippen molar-refractivity contribution in [3.8, 4) is 0 Å². The molecule has 19 heavy (non-hydrogen) atoms. The van der Waals surface area contributed by atoms with E-state index in [1.807, 2.05) is 0 Å². The molecule has 1 aromatic heterocycles. The maximum absolute atomic E-state index is 11.9. The van der Waals surface area contributed by atoms with Crippen LogP contribution in [0.15, 0.2) is 24.4 Å². The van der Waals surface area contributed by atoms with Crippen LogP contribution < -0.4 is 5.32 Å². The van der Waals surface area contributed by atoms with Crippen molar-refractivity contribution in [2.24, 2.45) is 5.92 Å². The number of Topliss-reactive ketones (excluding diaryl/α,β-unsaturated/α-hetero) is 1. The smallest absolute Gasteiger partial charge is 0.138 e. The van der Waals surface area contributed by atoms with E-state index < -0.39 is 0 Å². The van der Waals surface area contributed by atoms with Crippen molar-refractivity contribution in [1.82, 2.24) is 10.3 Å². The molecule has 0 spiro atoms. The van der Waals surface area contributed by atoms with Crippen molar-refractivity contribution in [1.29, 1.82) is 0 Å². The van der Waals surface area contributed by atoms with Gasteiger partial charge in [0.25, 0.3) is 0 Å². The summed E-state index contributed by atoms with van der Waals surface area (Å²) in [7, 11) is 0. The number of carbonyl (C=O) groups is 1. The van der Waals surface area contributed by atoms with E-state index in [0.29, 0.717) is 12.2 Å². The lowest BCUT2D eigenvalue weighted by molar-refractivity contribution is -0.123. The van der Waals surface area contributed by atoms with Gasteiger partial charge in [-0.3, -0.25) is 4.79 Å². The molecular weight excluding hydrogens is 236 g/mol. The molecule has 1 saturated heterocycles. The minimum atomic E-state index is 0.137. The van der Waals surface area contributed by atoms with Crippen LogP contribution in [0, 0.1) is 5.92 Å². The summed E-state index contributed by atoms with van der Waals surface area (Å²) in [4.78, 5) is 15.2. The Balaban J connectivity index is 1.89. The molecule has 3 heteroatoms. The quantitative estimate of drug-likeness (QED) is 0.886. The van der Waals surface area contributed by atoms with Crippen LogP contribution in [-0.4, -0.2) is 23.9 Å². The molecule has 0 saturated carbocycles. The number of hydrogen-bond donors (Lipinski definition) is 2.